The summed E-state index contributed by atoms with van der Waals surface area (Å²) in [7, 11) is 0. The average Bonchev–Trinajstić information content (AvgIpc) is 2.46. The van der Waals surface area contributed by atoms with Crippen LogP contribution in [0, 0.1) is 6.92 Å². The summed E-state index contributed by atoms with van der Waals surface area (Å²) in [5, 5.41) is 5.58. The first-order valence-corrected chi connectivity index (χ1v) is 7.70. The minimum Gasteiger partial charge on any atom is -0.345 e. The van der Waals surface area contributed by atoms with Crippen molar-refractivity contribution in [2.75, 3.05) is 5.32 Å². The third-order valence-corrected chi connectivity index (χ3v) is 3.43. The molecule has 0 aliphatic rings. The standard InChI is InChI=1S/C17H26N2O2/c1-4-5-6-7-12-16(20)18-14(3)17(21)19-15-11-9-8-10-13(15)2/h8-11,14H,4-7,12H2,1-3H3,(H,18,20)(H,19,21). The second-order valence-corrected chi connectivity index (χ2v) is 5.40. The number of anilines is 1. The van der Waals surface area contributed by atoms with Crippen molar-refractivity contribution in [2.24, 2.45) is 0 Å². The molecule has 0 radical (unpaired) electrons. The second-order valence-electron chi connectivity index (χ2n) is 5.40. The minimum absolute atomic E-state index is 0.0569. The van der Waals surface area contributed by atoms with Crippen LogP contribution in [0.5, 0.6) is 0 Å². The van der Waals surface area contributed by atoms with Gasteiger partial charge in [-0.3, -0.25) is 9.59 Å². The molecule has 21 heavy (non-hydrogen) atoms. The maximum Gasteiger partial charge on any atom is 0.246 e. The molecule has 0 aliphatic heterocycles. The van der Waals surface area contributed by atoms with E-state index in [1.165, 1.54) is 0 Å². The summed E-state index contributed by atoms with van der Waals surface area (Å²) < 4.78 is 0. The van der Waals surface area contributed by atoms with Crippen LogP contribution in [0.3, 0.4) is 0 Å². The molecule has 0 saturated heterocycles. The lowest BCUT2D eigenvalue weighted by atomic mass is 10.1. The van der Waals surface area contributed by atoms with Crippen molar-refractivity contribution in [3.05, 3.63) is 29.8 Å². The van der Waals surface area contributed by atoms with Crippen LogP contribution in [0.15, 0.2) is 24.3 Å². The van der Waals surface area contributed by atoms with Gasteiger partial charge in [-0.25, -0.2) is 0 Å². The number of para-hydroxylation sites is 1. The molecule has 0 aliphatic carbocycles. The van der Waals surface area contributed by atoms with Crippen LogP contribution in [-0.4, -0.2) is 17.9 Å². The third-order valence-electron chi connectivity index (χ3n) is 3.43. The fourth-order valence-corrected chi connectivity index (χ4v) is 2.05. The molecular formula is C17H26N2O2. The monoisotopic (exact) mass is 290 g/mol. The lowest BCUT2D eigenvalue weighted by Gasteiger charge is -2.15. The highest BCUT2D eigenvalue weighted by Gasteiger charge is 2.15. The van der Waals surface area contributed by atoms with E-state index in [4.69, 9.17) is 0 Å². The first kappa shape index (κ1) is 17.2. The Morgan fingerprint density at radius 1 is 1.14 bits per heavy atom. The Balaban J connectivity index is 2.37. The second kappa shape index (κ2) is 9.16. The van der Waals surface area contributed by atoms with E-state index in [0.717, 1.165) is 36.9 Å². The Hall–Kier alpha value is -1.84. The smallest absolute Gasteiger partial charge is 0.246 e. The lowest BCUT2D eigenvalue weighted by Crippen LogP contribution is -2.41. The minimum atomic E-state index is -0.525. The molecule has 2 N–H and O–H groups in total. The molecule has 1 aromatic carbocycles. The molecule has 4 nitrogen and oxygen atoms in total. The van der Waals surface area contributed by atoms with E-state index in [1.54, 1.807) is 6.92 Å². The molecule has 116 valence electrons. The number of carbonyl (C=O) groups excluding carboxylic acids is 2. The van der Waals surface area contributed by atoms with Crippen molar-refractivity contribution in [2.45, 2.75) is 58.9 Å². The van der Waals surface area contributed by atoms with Gasteiger partial charge in [0.25, 0.3) is 0 Å². The van der Waals surface area contributed by atoms with Gasteiger partial charge in [0.1, 0.15) is 6.04 Å². The van der Waals surface area contributed by atoms with E-state index in [0.29, 0.717) is 6.42 Å². The summed E-state index contributed by atoms with van der Waals surface area (Å²) >= 11 is 0. The zero-order chi connectivity index (χ0) is 15.7. The predicted molar refractivity (Wildman–Crippen MR) is 86.2 cm³/mol. The number of unbranched alkanes of at least 4 members (excludes halogenated alkanes) is 3. The van der Waals surface area contributed by atoms with Crippen LogP contribution in [0.25, 0.3) is 0 Å². The van der Waals surface area contributed by atoms with E-state index in [9.17, 15) is 9.59 Å². The summed E-state index contributed by atoms with van der Waals surface area (Å²) in [6.45, 7) is 5.78. The van der Waals surface area contributed by atoms with Gasteiger partial charge in [0.05, 0.1) is 0 Å². The van der Waals surface area contributed by atoms with Gasteiger partial charge in [-0.2, -0.15) is 0 Å². The number of rotatable bonds is 8. The van der Waals surface area contributed by atoms with Gasteiger partial charge in [-0.15, -0.1) is 0 Å². The van der Waals surface area contributed by atoms with Gasteiger partial charge < -0.3 is 10.6 Å². The highest BCUT2D eigenvalue weighted by Crippen LogP contribution is 2.13. The molecule has 0 heterocycles. The number of nitrogens with one attached hydrogen (secondary N) is 2. The van der Waals surface area contributed by atoms with E-state index >= 15 is 0 Å². The zero-order valence-corrected chi connectivity index (χ0v) is 13.2. The Labute approximate surface area is 127 Å². The summed E-state index contributed by atoms with van der Waals surface area (Å²) in [4.78, 5) is 23.8. The van der Waals surface area contributed by atoms with Gasteiger partial charge in [0.15, 0.2) is 0 Å². The van der Waals surface area contributed by atoms with Crippen molar-refractivity contribution >= 4 is 17.5 Å². The number of hydrogen-bond donors (Lipinski definition) is 2. The fourth-order valence-electron chi connectivity index (χ4n) is 2.05. The van der Waals surface area contributed by atoms with Crippen molar-refractivity contribution in [3.8, 4) is 0 Å². The zero-order valence-electron chi connectivity index (χ0n) is 13.2. The van der Waals surface area contributed by atoms with Gasteiger partial charge in [-0.05, 0) is 31.9 Å². The molecule has 2 amide bonds. The fraction of sp³-hybridized carbons (Fsp3) is 0.529. The van der Waals surface area contributed by atoms with Crippen molar-refractivity contribution < 1.29 is 9.59 Å². The van der Waals surface area contributed by atoms with Crippen LogP contribution in [0.2, 0.25) is 0 Å². The molecule has 1 rings (SSSR count). The SMILES string of the molecule is CCCCCCC(=O)NC(C)C(=O)Nc1ccccc1C. The molecular weight excluding hydrogens is 264 g/mol. The Morgan fingerprint density at radius 3 is 2.52 bits per heavy atom. The van der Waals surface area contributed by atoms with Crippen LogP contribution < -0.4 is 10.6 Å². The lowest BCUT2D eigenvalue weighted by molar-refractivity contribution is -0.126. The molecule has 1 atom stereocenters. The third kappa shape index (κ3) is 6.43. The van der Waals surface area contributed by atoms with Crippen molar-refractivity contribution in [3.63, 3.8) is 0 Å². The molecule has 0 spiro atoms. The summed E-state index contributed by atoms with van der Waals surface area (Å²) in [6.07, 6.45) is 4.73. The Bertz CT molecular complexity index is 472. The first-order chi connectivity index (χ1) is 10.0. The highest BCUT2D eigenvalue weighted by molar-refractivity contribution is 5.97. The van der Waals surface area contributed by atoms with Gasteiger partial charge in [0, 0.05) is 12.1 Å². The number of carbonyl (C=O) groups is 2. The normalized spacial score (nSPS) is 11.8. The molecule has 0 bridgehead atoms. The number of benzene rings is 1. The van der Waals surface area contributed by atoms with Gasteiger partial charge in [-0.1, -0.05) is 44.4 Å². The Morgan fingerprint density at radius 2 is 1.86 bits per heavy atom. The average molecular weight is 290 g/mol. The van der Waals surface area contributed by atoms with Gasteiger partial charge >= 0.3 is 0 Å². The van der Waals surface area contributed by atoms with E-state index in [-0.39, 0.29) is 11.8 Å². The van der Waals surface area contributed by atoms with Crippen molar-refractivity contribution in [1.82, 2.24) is 5.32 Å². The quantitative estimate of drug-likeness (QED) is 0.721. The maximum absolute atomic E-state index is 12.1. The van der Waals surface area contributed by atoms with E-state index in [1.807, 2.05) is 31.2 Å². The highest BCUT2D eigenvalue weighted by atomic mass is 16.2. The molecule has 0 fully saturated rings. The summed E-state index contributed by atoms with van der Waals surface area (Å²) in [5.74, 6) is -0.246. The van der Waals surface area contributed by atoms with Gasteiger partial charge in [0.2, 0.25) is 11.8 Å². The first-order valence-electron chi connectivity index (χ1n) is 7.70. The van der Waals surface area contributed by atoms with Crippen LogP contribution >= 0.6 is 0 Å². The van der Waals surface area contributed by atoms with Crippen LogP contribution in [0.1, 0.15) is 51.5 Å². The molecule has 1 aromatic rings. The number of amides is 2. The largest absolute Gasteiger partial charge is 0.345 e. The Kier molecular flexibility index (Phi) is 7.51. The maximum atomic E-state index is 12.1. The van der Waals surface area contributed by atoms with Crippen LogP contribution in [0.4, 0.5) is 5.69 Å². The predicted octanol–water partition coefficient (Wildman–Crippen LogP) is 3.41. The number of hydrogen-bond acceptors (Lipinski definition) is 2. The van der Waals surface area contributed by atoms with E-state index in [2.05, 4.69) is 17.6 Å². The number of aryl methyl sites for hydroxylation is 1. The van der Waals surface area contributed by atoms with Crippen LogP contribution in [-0.2, 0) is 9.59 Å². The summed E-state index contributed by atoms with van der Waals surface area (Å²) in [6, 6.07) is 7.06. The topological polar surface area (TPSA) is 58.2 Å². The summed E-state index contributed by atoms with van der Waals surface area (Å²) in [5.41, 5.74) is 1.79. The molecule has 0 aromatic heterocycles. The molecule has 1 unspecified atom stereocenters. The molecule has 0 saturated carbocycles. The van der Waals surface area contributed by atoms with Crippen molar-refractivity contribution in [1.29, 1.82) is 0 Å². The molecule has 4 heteroatoms. The van der Waals surface area contributed by atoms with E-state index < -0.39 is 6.04 Å².